The Morgan fingerprint density at radius 3 is 2.53 bits per heavy atom. The van der Waals surface area contributed by atoms with Crippen LogP contribution in [0.2, 0.25) is 0 Å². The molecule has 2 N–H and O–H groups in total. The summed E-state index contributed by atoms with van der Waals surface area (Å²) >= 11 is 0. The van der Waals surface area contributed by atoms with Gasteiger partial charge in [-0.3, -0.25) is 4.68 Å². The first-order valence-electron chi connectivity index (χ1n) is 11.5. The molecule has 2 bridgehead atoms. The number of phenolic OH excluding ortho intramolecular Hbond substituents is 1. The standard InChI is InChI=1S/C24H29N7O/c1-29-7-8-31(19-10-17-4-5-18(11-19)26-17)24-22(29)12-21(27-28-24)20-6-3-15(9-23(20)32)16-13-25-30(2)14-16/h3,6,9,12-14,17-19,26,32H,4-5,7-8,10-11H2,1-2H3. The van der Waals surface area contributed by atoms with E-state index >= 15 is 0 Å². The normalized spacial score (nSPS) is 24.6. The molecular formula is C24H29N7O. The summed E-state index contributed by atoms with van der Waals surface area (Å²) in [5, 5.41) is 28.0. The molecular weight excluding hydrogens is 402 g/mol. The molecule has 0 amide bonds. The molecule has 2 unspecified atom stereocenters. The lowest BCUT2D eigenvalue weighted by molar-refractivity contribution is 0.344. The molecule has 0 radical (unpaired) electrons. The van der Waals surface area contributed by atoms with Crippen LogP contribution >= 0.6 is 0 Å². The van der Waals surface area contributed by atoms with Crippen molar-refractivity contribution in [3.05, 3.63) is 36.7 Å². The predicted octanol–water partition coefficient (Wildman–Crippen LogP) is 2.79. The highest BCUT2D eigenvalue weighted by Gasteiger charge is 2.38. The van der Waals surface area contributed by atoms with Gasteiger partial charge in [0.15, 0.2) is 5.82 Å². The van der Waals surface area contributed by atoms with Crippen LogP contribution in [0.25, 0.3) is 22.4 Å². The molecule has 3 aliphatic heterocycles. The zero-order valence-corrected chi connectivity index (χ0v) is 18.6. The molecule has 2 atom stereocenters. The number of anilines is 2. The van der Waals surface area contributed by atoms with E-state index in [1.807, 2.05) is 25.4 Å². The molecule has 0 spiro atoms. The van der Waals surface area contributed by atoms with Gasteiger partial charge in [-0.1, -0.05) is 6.07 Å². The third-order valence-corrected chi connectivity index (χ3v) is 7.32. The molecule has 2 saturated heterocycles. The third-order valence-electron chi connectivity index (χ3n) is 7.32. The Bertz CT molecular complexity index is 1150. The van der Waals surface area contributed by atoms with E-state index in [2.05, 4.69) is 43.5 Å². The van der Waals surface area contributed by atoms with E-state index < -0.39 is 0 Å². The summed E-state index contributed by atoms with van der Waals surface area (Å²) in [4.78, 5) is 4.73. The van der Waals surface area contributed by atoms with Crippen LogP contribution in [0.3, 0.4) is 0 Å². The van der Waals surface area contributed by atoms with Crippen molar-refractivity contribution >= 4 is 11.5 Å². The fourth-order valence-electron chi connectivity index (χ4n) is 5.61. The lowest BCUT2D eigenvalue weighted by Gasteiger charge is -2.43. The first-order chi connectivity index (χ1) is 15.5. The molecule has 6 rings (SSSR count). The number of benzene rings is 1. The molecule has 0 saturated carbocycles. The van der Waals surface area contributed by atoms with Crippen LogP contribution in [0.1, 0.15) is 25.7 Å². The van der Waals surface area contributed by atoms with Crippen molar-refractivity contribution < 1.29 is 5.11 Å². The number of rotatable bonds is 3. The van der Waals surface area contributed by atoms with Crippen LogP contribution in [0.5, 0.6) is 5.75 Å². The second-order valence-corrected chi connectivity index (χ2v) is 9.45. The highest BCUT2D eigenvalue weighted by Crippen LogP contribution is 2.40. The van der Waals surface area contributed by atoms with Crippen LogP contribution < -0.4 is 15.1 Å². The molecule has 0 aliphatic carbocycles. The fraction of sp³-hybridized carbons (Fsp3) is 0.458. The molecule has 2 fully saturated rings. The van der Waals surface area contributed by atoms with Gasteiger partial charge in [0.25, 0.3) is 0 Å². The zero-order chi connectivity index (χ0) is 21.8. The first kappa shape index (κ1) is 19.5. The number of phenols is 1. The summed E-state index contributed by atoms with van der Waals surface area (Å²) in [5.74, 6) is 1.17. The van der Waals surface area contributed by atoms with Gasteiger partial charge in [-0.05, 0) is 49.4 Å². The van der Waals surface area contributed by atoms with Gasteiger partial charge in [-0.2, -0.15) is 5.10 Å². The number of aromatic nitrogens is 4. The summed E-state index contributed by atoms with van der Waals surface area (Å²) in [6.45, 7) is 1.94. The van der Waals surface area contributed by atoms with Gasteiger partial charge in [0.05, 0.1) is 17.6 Å². The number of nitrogens with zero attached hydrogens (tertiary/aromatic N) is 6. The van der Waals surface area contributed by atoms with Crippen molar-refractivity contribution in [1.29, 1.82) is 0 Å². The quantitative estimate of drug-likeness (QED) is 0.660. The number of aromatic hydroxyl groups is 1. The van der Waals surface area contributed by atoms with E-state index in [0.717, 1.165) is 35.7 Å². The number of hydrogen-bond acceptors (Lipinski definition) is 7. The molecule has 8 nitrogen and oxygen atoms in total. The molecule has 8 heteroatoms. The summed E-state index contributed by atoms with van der Waals surface area (Å²) in [5.41, 5.74) is 4.37. The van der Waals surface area contributed by atoms with Crippen molar-refractivity contribution in [2.45, 2.75) is 43.8 Å². The minimum Gasteiger partial charge on any atom is -0.507 e. The Morgan fingerprint density at radius 1 is 1.00 bits per heavy atom. The van der Waals surface area contributed by atoms with Crippen LogP contribution in [0.15, 0.2) is 36.7 Å². The van der Waals surface area contributed by atoms with Crippen molar-refractivity contribution in [2.75, 3.05) is 29.9 Å². The Hall–Kier alpha value is -3.13. The number of aryl methyl sites for hydroxylation is 1. The second-order valence-electron chi connectivity index (χ2n) is 9.45. The average molecular weight is 432 g/mol. The Kier molecular flexibility index (Phi) is 4.57. The highest BCUT2D eigenvalue weighted by molar-refractivity contribution is 5.79. The van der Waals surface area contributed by atoms with Gasteiger partial charge in [0.1, 0.15) is 5.75 Å². The molecule has 3 aromatic rings. The van der Waals surface area contributed by atoms with Crippen molar-refractivity contribution in [3.8, 4) is 28.1 Å². The largest absolute Gasteiger partial charge is 0.507 e. The van der Waals surface area contributed by atoms with E-state index in [9.17, 15) is 5.11 Å². The van der Waals surface area contributed by atoms with Gasteiger partial charge in [0.2, 0.25) is 0 Å². The summed E-state index contributed by atoms with van der Waals surface area (Å²) < 4.78 is 1.75. The summed E-state index contributed by atoms with van der Waals surface area (Å²) in [6, 6.07) is 9.56. The molecule has 1 aromatic carbocycles. The number of fused-ring (bicyclic) bond motifs is 3. The first-order valence-corrected chi connectivity index (χ1v) is 11.5. The van der Waals surface area contributed by atoms with Crippen LogP contribution in [0, 0.1) is 0 Å². The van der Waals surface area contributed by atoms with Gasteiger partial charge in [-0.15, -0.1) is 10.2 Å². The second kappa shape index (κ2) is 7.48. The Balaban J connectivity index is 1.32. The van der Waals surface area contributed by atoms with Gasteiger partial charge < -0.3 is 20.2 Å². The molecule has 5 heterocycles. The maximum Gasteiger partial charge on any atom is 0.175 e. The van der Waals surface area contributed by atoms with E-state index in [1.165, 1.54) is 25.7 Å². The number of nitrogens with one attached hydrogen (secondary N) is 1. The number of likely N-dealkylation sites (N-methyl/N-ethyl adjacent to an activating group) is 1. The van der Waals surface area contributed by atoms with Crippen molar-refractivity contribution in [3.63, 3.8) is 0 Å². The third kappa shape index (κ3) is 3.30. The van der Waals surface area contributed by atoms with Crippen LogP contribution in [-0.4, -0.2) is 63.3 Å². The smallest absolute Gasteiger partial charge is 0.175 e. The Labute approximate surface area is 187 Å². The van der Waals surface area contributed by atoms with E-state index in [4.69, 9.17) is 0 Å². The van der Waals surface area contributed by atoms with E-state index in [0.29, 0.717) is 29.4 Å². The molecule has 166 valence electrons. The van der Waals surface area contributed by atoms with Crippen LogP contribution in [0.4, 0.5) is 11.5 Å². The Morgan fingerprint density at radius 2 is 1.81 bits per heavy atom. The van der Waals surface area contributed by atoms with Gasteiger partial charge >= 0.3 is 0 Å². The van der Waals surface area contributed by atoms with E-state index in [-0.39, 0.29) is 5.75 Å². The maximum atomic E-state index is 10.8. The van der Waals surface area contributed by atoms with Crippen molar-refractivity contribution in [2.24, 2.45) is 7.05 Å². The minimum absolute atomic E-state index is 0.200. The van der Waals surface area contributed by atoms with Gasteiger partial charge in [0, 0.05) is 62.6 Å². The topological polar surface area (TPSA) is 82.3 Å². The average Bonchev–Trinajstić information content (AvgIpc) is 3.38. The zero-order valence-electron chi connectivity index (χ0n) is 18.6. The van der Waals surface area contributed by atoms with Crippen molar-refractivity contribution in [1.82, 2.24) is 25.3 Å². The SMILES string of the molecule is CN1CCN(C2CC3CCC(C2)N3)c2nnc(-c3ccc(-c4cnn(C)c4)cc3O)cc21. The summed E-state index contributed by atoms with van der Waals surface area (Å²) in [6.07, 6.45) is 8.67. The predicted molar refractivity (Wildman–Crippen MR) is 125 cm³/mol. The van der Waals surface area contributed by atoms with E-state index in [1.54, 1.807) is 16.9 Å². The minimum atomic E-state index is 0.200. The van der Waals surface area contributed by atoms with Gasteiger partial charge in [-0.25, -0.2) is 0 Å². The molecule has 3 aliphatic rings. The number of hydrogen-bond donors (Lipinski definition) is 2. The highest BCUT2D eigenvalue weighted by atomic mass is 16.3. The molecule has 2 aromatic heterocycles. The molecule has 32 heavy (non-hydrogen) atoms. The summed E-state index contributed by atoms with van der Waals surface area (Å²) in [7, 11) is 3.99. The van der Waals surface area contributed by atoms with Crippen LogP contribution in [-0.2, 0) is 7.05 Å². The lowest BCUT2D eigenvalue weighted by Crippen LogP contribution is -2.52. The maximum absolute atomic E-state index is 10.8. The lowest BCUT2D eigenvalue weighted by atomic mass is 9.97. The number of piperidine rings is 1. The fourth-order valence-corrected chi connectivity index (χ4v) is 5.61. The monoisotopic (exact) mass is 431 g/mol.